The molecule has 4 heterocycles. The summed E-state index contributed by atoms with van der Waals surface area (Å²) in [6, 6.07) is 2.68. The third-order valence-corrected chi connectivity index (χ3v) is 7.81. The van der Waals surface area contributed by atoms with E-state index in [-0.39, 0.29) is 10.8 Å². The number of thiazole rings is 1. The molecule has 35 heavy (non-hydrogen) atoms. The molecule has 0 saturated heterocycles. The van der Waals surface area contributed by atoms with Crippen molar-refractivity contribution in [1.82, 2.24) is 29.0 Å². The molecule has 1 amide bonds. The number of anilines is 2. The van der Waals surface area contributed by atoms with Gasteiger partial charge in [-0.25, -0.2) is 19.7 Å². The topological polar surface area (TPSA) is 118 Å². The Bertz CT molecular complexity index is 1480. The van der Waals surface area contributed by atoms with Crippen LogP contribution in [0.15, 0.2) is 12.4 Å². The second kappa shape index (κ2) is 8.04. The third kappa shape index (κ3) is 3.56. The quantitative estimate of drug-likeness (QED) is 0.378. The first kappa shape index (κ1) is 22.0. The maximum Gasteiger partial charge on any atom is 0.347 e. The molecule has 0 aliphatic heterocycles. The van der Waals surface area contributed by atoms with Gasteiger partial charge in [-0.05, 0) is 45.1 Å². The molecular weight excluding hydrogens is 466 g/mol. The molecule has 2 N–H and O–H groups in total. The highest BCUT2D eigenvalue weighted by Gasteiger charge is 2.43. The monoisotopic (exact) mass is 493 g/mol. The van der Waals surface area contributed by atoms with Crippen LogP contribution >= 0.6 is 11.3 Å². The zero-order valence-corrected chi connectivity index (χ0v) is 20.7. The minimum Gasteiger partial charge on any atom is -0.477 e. The van der Waals surface area contributed by atoms with Crippen molar-refractivity contribution in [2.75, 3.05) is 5.32 Å². The molecule has 2 saturated carbocycles. The van der Waals surface area contributed by atoms with E-state index in [2.05, 4.69) is 20.2 Å². The fraction of sp³-hybridized carbons (Fsp3) is 0.458. The number of aromatic carboxylic acids is 1. The summed E-state index contributed by atoms with van der Waals surface area (Å²) in [7, 11) is 1.92. The Balaban J connectivity index is 1.49. The van der Waals surface area contributed by atoms with Crippen LogP contribution < -0.4 is 5.32 Å². The zero-order valence-electron chi connectivity index (χ0n) is 19.9. The first-order chi connectivity index (χ1) is 16.9. The van der Waals surface area contributed by atoms with Crippen LogP contribution in [0, 0.1) is 0 Å². The van der Waals surface area contributed by atoms with Gasteiger partial charge in [0.05, 0.1) is 17.5 Å². The molecule has 2 fully saturated rings. The number of aromatic nitrogens is 5. The summed E-state index contributed by atoms with van der Waals surface area (Å²) < 4.78 is 3.91. The van der Waals surface area contributed by atoms with Crippen LogP contribution in [0.4, 0.5) is 10.9 Å². The van der Waals surface area contributed by atoms with E-state index >= 15 is 0 Å². The molecule has 4 aromatic heterocycles. The number of amides is 1. The normalized spacial score (nSPS) is 15.7. The number of hydrogen-bond donors (Lipinski definition) is 2. The first-order valence-corrected chi connectivity index (χ1v) is 12.9. The predicted molar refractivity (Wildman–Crippen MR) is 134 cm³/mol. The van der Waals surface area contributed by atoms with Gasteiger partial charge in [-0.1, -0.05) is 18.3 Å². The first-order valence-electron chi connectivity index (χ1n) is 12.1. The standard InChI is InChI=1S/C24H27N7O3S/c1-4-15-19(23(33)34)35-24(26-15)28-20-17-18(29(3)11-25-17)14-10-16(30(5-2)21(14)27-20)22(32)31(12-6-7-12)13-8-9-13/h10-13H,4-9H2,1-3H3,(H,33,34)(H,26,27,28). The number of carbonyl (C=O) groups is 2. The fourth-order valence-corrected chi connectivity index (χ4v) is 5.77. The molecule has 0 unspecified atom stereocenters. The number of pyridine rings is 1. The van der Waals surface area contributed by atoms with Crippen molar-refractivity contribution in [3.8, 4) is 0 Å². The number of nitrogens with zero attached hydrogens (tertiary/aromatic N) is 6. The molecule has 0 spiro atoms. The molecule has 4 aromatic rings. The predicted octanol–water partition coefficient (Wildman–Crippen LogP) is 4.17. The molecule has 11 heteroatoms. The van der Waals surface area contributed by atoms with Crippen LogP contribution in [0.5, 0.6) is 0 Å². The Morgan fingerprint density at radius 1 is 1.20 bits per heavy atom. The number of aryl methyl sites for hydroxylation is 3. The molecule has 6 rings (SSSR count). The van der Waals surface area contributed by atoms with E-state index < -0.39 is 5.97 Å². The largest absolute Gasteiger partial charge is 0.477 e. The van der Waals surface area contributed by atoms with Gasteiger partial charge in [0.2, 0.25) is 0 Å². The maximum atomic E-state index is 13.7. The second-order valence-corrected chi connectivity index (χ2v) is 10.3. The minimum atomic E-state index is -0.988. The maximum absolute atomic E-state index is 13.7. The third-order valence-electron chi connectivity index (χ3n) is 6.80. The summed E-state index contributed by atoms with van der Waals surface area (Å²) in [5.41, 5.74) is 3.41. The number of carboxylic acid groups (broad SMARTS) is 1. The van der Waals surface area contributed by atoms with Crippen LogP contribution in [-0.2, 0) is 20.0 Å². The molecular formula is C24H27N7O3S. The average molecular weight is 494 g/mol. The summed E-state index contributed by atoms with van der Waals surface area (Å²) >= 11 is 1.09. The summed E-state index contributed by atoms with van der Waals surface area (Å²) in [6.07, 6.45) is 6.58. The number of rotatable bonds is 8. The summed E-state index contributed by atoms with van der Waals surface area (Å²) in [5.74, 6) is -0.412. The number of imidazole rings is 1. The molecule has 182 valence electrons. The summed E-state index contributed by atoms with van der Waals surface area (Å²) in [4.78, 5) is 41.6. The van der Waals surface area contributed by atoms with E-state index in [1.54, 1.807) is 6.33 Å². The Morgan fingerprint density at radius 2 is 1.91 bits per heavy atom. The van der Waals surface area contributed by atoms with Gasteiger partial charge < -0.3 is 24.5 Å². The molecule has 2 aliphatic rings. The Labute approximate surface area is 205 Å². The average Bonchev–Trinajstić information content (AvgIpc) is 3.74. The number of fused-ring (bicyclic) bond motifs is 3. The van der Waals surface area contributed by atoms with Crippen molar-refractivity contribution < 1.29 is 14.7 Å². The van der Waals surface area contributed by atoms with E-state index in [1.807, 2.05) is 36.1 Å². The summed E-state index contributed by atoms with van der Waals surface area (Å²) in [5, 5.41) is 14.1. The number of carboxylic acids is 1. The molecule has 0 aromatic carbocycles. The Hall–Kier alpha value is -3.47. The highest BCUT2D eigenvalue weighted by molar-refractivity contribution is 7.17. The second-order valence-electron chi connectivity index (χ2n) is 9.28. The van der Waals surface area contributed by atoms with Crippen molar-refractivity contribution in [1.29, 1.82) is 0 Å². The van der Waals surface area contributed by atoms with Crippen molar-refractivity contribution in [2.24, 2.45) is 7.05 Å². The molecule has 2 aliphatic carbocycles. The lowest BCUT2D eigenvalue weighted by molar-refractivity contribution is 0.0696. The van der Waals surface area contributed by atoms with E-state index in [4.69, 9.17) is 4.98 Å². The van der Waals surface area contributed by atoms with Crippen LogP contribution in [0.1, 0.15) is 65.4 Å². The van der Waals surface area contributed by atoms with E-state index in [9.17, 15) is 14.7 Å². The SMILES string of the molecule is CCc1nc(Nc2nc3c(cc(C(=O)N(C4CC4)C4CC4)n3CC)c3c2ncn3C)sc1C(=O)O. The van der Waals surface area contributed by atoms with Gasteiger partial charge in [-0.2, -0.15) is 0 Å². The van der Waals surface area contributed by atoms with Gasteiger partial charge in [0.15, 0.2) is 10.9 Å². The van der Waals surface area contributed by atoms with Crippen LogP contribution in [0.3, 0.4) is 0 Å². The van der Waals surface area contributed by atoms with Crippen molar-refractivity contribution >= 4 is 56.2 Å². The van der Waals surface area contributed by atoms with Crippen LogP contribution in [0.25, 0.3) is 22.1 Å². The summed E-state index contributed by atoms with van der Waals surface area (Å²) in [6.45, 7) is 4.50. The molecule has 10 nitrogen and oxygen atoms in total. The van der Waals surface area contributed by atoms with Gasteiger partial charge in [0, 0.05) is 31.1 Å². The highest BCUT2D eigenvalue weighted by atomic mass is 32.1. The smallest absolute Gasteiger partial charge is 0.347 e. The van der Waals surface area contributed by atoms with Gasteiger partial charge in [-0.15, -0.1) is 0 Å². The van der Waals surface area contributed by atoms with Gasteiger partial charge in [-0.3, -0.25) is 4.79 Å². The van der Waals surface area contributed by atoms with Gasteiger partial charge in [0.1, 0.15) is 21.7 Å². The highest BCUT2D eigenvalue weighted by Crippen LogP contribution is 2.40. The Kier molecular flexibility index (Phi) is 5.06. The van der Waals surface area contributed by atoms with Crippen LogP contribution in [-0.4, -0.2) is 58.1 Å². The van der Waals surface area contributed by atoms with Crippen LogP contribution in [0.2, 0.25) is 0 Å². The molecule has 0 bridgehead atoms. The minimum absolute atomic E-state index is 0.0817. The molecule has 0 atom stereocenters. The lowest BCUT2D eigenvalue weighted by Crippen LogP contribution is -2.36. The molecule has 0 radical (unpaired) electrons. The Morgan fingerprint density at radius 3 is 2.49 bits per heavy atom. The van der Waals surface area contributed by atoms with E-state index in [0.29, 0.717) is 58.6 Å². The van der Waals surface area contributed by atoms with Crippen molar-refractivity contribution in [2.45, 2.75) is 64.6 Å². The van der Waals surface area contributed by atoms with Gasteiger partial charge >= 0.3 is 5.97 Å². The van der Waals surface area contributed by atoms with Crippen molar-refractivity contribution in [3.05, 3.63) is 28.7 Å². The lowest BCUT2D eigenvalue weighted by Gasteiger charge is -2.22. The van der Waals surface area contributed by atoms with E-state index in [1.165, 1.54) is 0 Å². The number of hydrogen-bond acceptors (Lipinski definition) is 7. The number of nitrogens with one attached hydrogen (secondary N) is 1. The van der Waals surface area contributed by atoms with Gasteiger partial charge in [0.25, 0.3) is 5.91 Å². The fourth-order valence-electron chi connectivity index (χ4n) is 4.88. The van der Waals surface area contributed by atoms with Crippen molar-refractivity contribution in [3.63, 3.8) is 0 Å². The lowest BCUT2D eigenvalue weighted by atomic mass is 10.2. The van der Waals surface area contributed by atoms with E-state index in [0.717, 1.165) is 47.9 Å². The zero-order chi connectivity index (χ0) is 24.4. The number of carbonyl (C=O) groups excluding carboxylic acids is 1.